The lowest BCUT2D eigenvalue weighted by Crippen LogP contribution is -2.49. The molecule has 0 aromatic heterocycles. The molecule has 2 aromatic carbocycles. The molecule has 0 bridgehead atoms. The average molecular weight is 439 g/mol. The van der Waals surface area contributed by atoms with Crippen LogP contribution in [0.4, 0.5) is 5.69 Å². The van der Waals surface area contributed by atoms with E-state index in [1.165, 1.54) is 16.7 Å². The molecule has 1 atom stereocenters. The molecule has 8 nitrogen and oxygen atoms in total. The van der Waals surface area contributed by atoms with Gasteiger partial charge in [-0.2, -0.15) is 0 Å². The Morgan fingerprint density at radius 2 is 1.87 bits per heavy atom. The zero-order valence-corrected chi connectivity index (χ0v) is 17.5. The van der Waals surface area contributed by atoms with E-state index in [2.05, 4.69) is 16.0 Å². The molecule has 1 saturated heterocycles. The van der Waals surface area contributed by atoms with Crippen molar-refractivity contribution in [1.29, 1.82) is 0 Å². The first-order valence-corrected chi connectivity index (χ1v) is 10.9. The highest BCUT2D eigenvalue weighted by Crippen LogP contribution is 2.36. The molecule has 2 aliphatic heterocycles. The number of anilines is 1. The molecule has 160 valence electrons. The first-order valence-electron chi connectivity index (χ1n) is 9.98. The van der Waals surface area contributed by atoms with Crippen molar-refractivity contribution < 1.29 is 19.2 Å². The Balaban J connectivity index is 1.28. The van der Waals surface area contributed by atoms with Crippen LogP contribution in [-0.4, -0.2) is 53.4 Å². The molecule has 0 spiro atoms. The Hall–Kier alpha value is -3.33. The topological polar surface area (TPSA) is 108 Å². The van der Waals surface area contributed by atoms with Crippen molar-refractivity contribution in [2.45, 2.75) is 23.1 Å². The number of fused-ring (bicyclic) bond motifs is 1. The van der Waals surface area contributed by atoms with Gasteiger partial charge in [0.2, 0.25) is 17.7 Å². The van der Waals surface area contributed by atoms with Gasteiger partial charge in [-0.25, -0.2) is 0 Å². The fourth-order valence-corrected chi connectivity index (χ4v) is 4.54. The first-order chi connectivity index (χ1) is 15.0. The van der Waals surface area contributed by atoms with Crippen molar-refractivity contribution in [3.8, 4) is 0 Å². The molecular weight excluding hydrogens is 416 g/mol. The molecule has 3 N–H and O–H groups in total. The zero-order valence-electron chi connectivity index (χ0n) is 16.7. The summed E-state index contributed by atoms with van der Waals surface area (Å²) in [5, 5.41) is 7.88. The van der Waals surface area contributed by atoms with Crippen LogP contribution in [0.3, 0.4) is 0 Å². The maximum absolute atomic E-state index is 12.5. The summed E-state index contributed by atoms with van der Waals surface area (Å²) in [5.74, 6) is -0.738. The van der Waals surface area contributed by atoms with E-state index in [0.29, 0.717) is 25.2 Å². The molecule has 0 saturated carbocycles. The number of nitrogens with zero attached hydrogens (tertiary/aromatic N) is 1. The van der Waals surface area contributed by atoms with Crippen molar-refractivity contribution in [2.24, 2.45) is 0 Å². The smallest absolute Gasteiger partial charge is 0.254 e. The second kappa shape index (κ2) is 9.22. The van der Waals surface area contributed by atoms with Gasteiger partial charge >= 0.3 is 0 Å². The fraction of sp³-hybridized carbons (Fsp3) is 0.273. The molecule has 0 radical (unpaired) electrons. The van der Waals surface area contributed by atoms with Gasteiger partial charge in [0, 0.05) is 36.5 Å². The third-order valence-corrected chi connectivity index (χ3v) is 6.37. The van der Waals surface area contributed by atoms with E-state index < -0.39 is 5.25 Å². The van der Waals surface area contributed by atoms with Crippen molar-refractivity contribution in [3.63, 3.8) is 0 Å². The number of carbonyl (C=O) groups excluding carboxylic acids is 4. The van der Waals surface area contributed by atoms with E-state index in [1.807, 2.05) is 24.3 Å². The van der Waals surface area contributed by atoms with Gasteiger partial charge in [0.05, 0.1) is 17.5 Å². The Labute approximate surface area is 183 Å². The largest absolute Gasteiger partial charge is 0.353 e. The number of thioether (sulfide) groups is 1. The molecule has 4 amide bonds. The number of piperazine rings is 1. The standard InChI is InChI=1S/C22H22N4O4S/c27-19(11-18-21(29)25-16-3-1-2-4-17(16)31-18)24-12-14-5-7-15(8-6-14)22(30)26-10-9-23-20(28)13-26/h1-8,18H,9-13H2,(H,23,28)(H,24,27)(H,25,29). The van der Waals surface area contributed by atoms with E-state index in [-0.39, 0.29) is 36.6 Å². The lowest BCUT2D eigenvalue weighted by atomic mass is 10.1. The maximum Gasteiger partial charge on any atom is 0.254 e. The molecule has 2 aliphatic rings. The number of hydrogen-bond acceptors (Lipinski definition) is 5. The second-order valence-electron chi connectivity index (χ2n) is 7.35. The van der Waals surface area contributed by atoms with Crippen LogP contribution in [0.5, 0.6) is 0 Å². The Morgan fingerprint density at radius 3 is 2.65 bits per heavy atom. The summed E-state index contributed by atoms with van der Waals surface area (Å²) in [5.41, 5.74) is 2.11. The number of hydrogen-bond donors (Lipinski definition) is 3. The Kier molecular flexibility index (Phi) is 6.22. The summed E-state index contributed by atoms with van der Waals surface area (Å²) in [6, 6.07) is 14.4. The van der Waals surface area contributed by atoms with Crippen molar-refractivity contribution in [2.75, 3.05) is 25.0 Å². The molecule has 9 heteroatoms. The minimum absolute atomic E-state index is 0.0634. The highest BCUT2D eigenvalue weighted by Gasteiger charge is 2.28. The molecule has 31 heavy (non-hydrogen) atoms. The van der Waals surface area contributed by atoms with Crippen LogP contribution in [0.1, 0.15) is 22.3 Å². The van der Waals surface area contributed by atoms with E-state index >= 15 is 0 Å². The van der Waals surface area contributed by atoms with E-state index in [4.69, 9.17) is 0 Å². The highest BCUT2D eigenvalue weighted by molar-refractivity contribution is 8.01. The Bertz CT molecular complexity index is 1020. The molecule has 2 aromatic rings. The molecule has 0 aliphatic carbocycles. The minimum atomic E-state index is -0.475. The predicted molar refractivity (Wildman–Crippen MR) is 117 cm³/mol. The summed E-state index contributed by atoms with van der Waals surface area (Å²) in [6.45, 7) is 1.31. The van der Waals surface area contributed by atoms with Crippen LogP contribution in [0.15, 0.2) is 53.4 Å². The zero-order chi connectivity index (χ0) is 21.8. The van der Waals surface area contributed by atoms with Gasteiger partial charge in [0.15, 0.2) is 0 Å². The van der Waals surface area contributed by atoms with Crippen molar-refractivity contribution in [3.05, 3.63) is 59.7 Å². The van der Waals surface area contributed by atoms with Crippen molar-refractivity contribution >= 4 is 41.1 Å². The van der Waals surface area contributed by atoms with Crippen LogP contribution in [0.25, 0.3) is 0 Å². The first kappa shape index (κ1) is 20.9. The molecule has 2 heterocycles. The van der Waals surface area contributed by atoms with Gasteiger partial charge in [-0.05, 0) is 29.8 Å². The van der Waals surface area contributed by atoms with Crippen LogP contribution >= 0.6 is 11.8 Å². The summed E-state index contributed by atoms with van der Waals surface area (Å²) < 4.78 is 0. The summed E-state index contributed by atoms with van der Waals surface area (Å²) in [7, 11) is 0. The number of amides is 4. The van der Waals surface area contributed by atoms with E-state index in [1.54, 1.807) is 24.3 Å². The monoisotopic (exact) mass is 438 g/mol. The minimum Gasteiger partial charge on any atom is -0.353 e. The molecule has 1 fully saturated rings. The summed E-state index contributed by atoms with van der Waals surface area (Å²) in [4.78, 5) is 51.0. The van der Waals surface area contributed by atoms with Crippen LogP contribution in [-0.2, 0) is 20.9 Å². The van der Waals surface area contributed by atoms with Crippen LogP contribution < -0.4 is 16.0 Å². The molecule has 1 unspecified atom stereocenters. The van der Waals surface area contributed by atoms with E-state index in [9.17, 15) is 19.2 Å². The quantitative estimate of drug-likeness (QED) is 0.654. The lowest BCUT2D eigenvalue weighted by molar-refractivity contribution is -0.124. The fourth-order valence-electron chi connectivity index (χ4n) is 3.43. The SMILES string of the molecule is O=C(CC1Sc2ccccc2NC1=O)NCc1ccc(C(=O)N2CCNC(=O)C2)cc1. The number of rotatable bonds is 5. The van der Waals surface area contributed by atoms with E-state index in [0.717, 1.165) is 16.1 Å². The Morgan fingerprint density at radius 1 is 1.10 bits per heavy atom. The van der Waals surface area contributed by atoms with Gasteiger partial charge in [0.1, 0.15) is 0 Å². The maximum atomic E-state index is 12.5. The van der Waals surface area contributed by atoms with Crippen molar-refractivity contribution in [1.82, 2.24) is 15.5 Å². The second-order valence-corrected chi connectivity index (χ2v) is 8.59. The van der Waals surface area contributed by atoms with Gasteiger partial charge in [-0.15, -0.1) is 11.8 Å². The van der Waals surface area contributed by atoms with Gasteiger partial charge in [-0.1, -0.05) is 24.3 Å². The normalized spacial score (nSPS) is 17.9. The van der Waals surface area contributed by atoms with Crippen LogP contribution in [0.2, 0.25) is 0 Å². The average Bonchev–Trinajstić information content (AvgIpc) is 2.78. The number of para-hydroxylation sites is 1. The number of carbonyl (C=O) groups is 4. The molecule has 4 rings (SSSR count). The third kappa shape index (κ3) is 5.05. The van der Waals surface area contributed by atoms with Gasteiger partial charge in [-0.3, -0.25) is 19.2 Å². The van der Waals surface area contributed by atoms with Gasteiger partial charge < -0.3 is 20.9 Å². The number of benzene rings is 2. The highest BCUT2D eigenvalue weighted by atomic mass is 32.2. The summed E-state index contributed by atoms with van der Waals surface area (Å²) in [6.07, 6.45) is 0.0818. The predicted octanol–water partition coefficient (Wildman–Crippen LogP) is 1.38. The van der Waals surface area contributed by atoms with Gasteiger partial charge in [0.25, 0.3) is 5.91 Å². The third-order valence-electron chi connectivity index (χ3n) is 5.09. The lowest BCUT2D eigenvalue weighted by Gasteiger charge is -2.26. The number of nitrogens with one attached hydrogen (secondary N) is 3. The summed E-state index contributed by atoms with van der Waals surface area (Å²) >= 11 is 1.39. The van der Waals surface area contributed by atoms with Crippen LogP contribution in [0, 0.1) is 0 Å². The molecular formula is C22H22N4O4S.